The summed E-state index contributed by atoms with van der Waals surface area (Å²) in [5.41, 5.74) is 7.32. The monoisotopic (exact) mass is 285 g/mol. The second-order valence-corrected chi connectivity index (χ2v) is 6.54. The molecule has 0 spiro atoms. The lowest BCUT2D eigenvalue weighted by Gasteiger charge is -2.11. The van der Waals surface area contributed by atoms with Crippen LogP contribution in [0.2, 0.25) is 0 Å². The number of anilines is 1. The first-order chi connectivity index (χ1) is 8.86. The van der Waals surface area contributed by atoms with Crippen LogP contribution in [0.5, 0.6) is 0 Å². The van der Waals surface area contributed by atoms with E-state index in [-0.39, 0.29) is 4.90 Å². The molecule has 0 aliphatic carbocycles. The Balaban J connectivity index is 2.69. The molecule has 1 aromatic rings. The van der Waals surface area contributed by atoms with Crippen molar-refractivity contribution in [2.75, 3.05) is 32.9 Å². The van der Waals surface area contributed by atoms with Gasteiger partial charge in [-0.1, -0.05) is 13.0 Å². The molecule has 19 heavy (non-hydrogen) atoms. The van der Waals surface area contributed by atoms with Crippen molar-refractivity contribution in [2.24, 2.45) is 0 Å². The van der Waals surface area contributed by atoms with E-state index in [1.165, 1.54) is 6.07 Å². The highest BCUT2D eigenvalue weighted by Crippen LogP contribution is 2.18. The zero-order valence-corrected chi connectivity index (χ0v) is 12.6. The minimum absolute atomic E-state index is 0.229. The molecule has 1 rings (SSSR count). The number of hydrogen-bond acceptors (Lipinski definition) is 4. The highest BCUT2D eigenvalue weighted by Gasteiger charge is 2.14. The summed E-state index contributed by atoms with van der Waals surface area (Å²) < 4.78 is 26.7. The van der Waals surface area contributed by atoms with Crippen molar-refractivity contribution in [3.05, 3.63) is 23.8 Å². The molecule has 0 saturated heterocycles. The van der Waals surface area contributed by atoms with Crippen LogP contribution in [0.4, 0.5) is 5.69 Å². The summed E-state index contributed by atoms with van der Waals surface area (Å²) in [6, 6.07) is 4.89. The molecule has 0 bridgehead atoms. The van der Waals surface area contributed by atoms with Crippen molar-refractivity contribution < 1.29 is 8.42 Å². The van der Waals surface area contributed by atoms with Crippen LogP contribution in [0.3, 0.4) is 0 Å². The number of nitrogens with zero attached hydrogens (tertiary/aromatic N) is 1. The van der Waals surface area contributed by atoms with Gasteiger partial charge in [0, 0.05) is 12.2 Å². The molecule has 5 nitrogen and oxygen atoms in total. The molecule has 0 amide bonds. The Morgan fingerprint density at radius 3 is 2.53 bits per heavy atom. The van der Waals surface area contributed by atoms with E-state index >= 15 is 0 Å². The van der Waals surface area contributed by atoms with Gasteiger partial charge < -0.3 is 10.6 Å². The van der Waals surface area contributed by atoms with Crippen molar-refractivity contribution >= 4 is 15.7 Å². The normalized spacial score (nSPS) is 12.0. The van der Waals surface area contributed by atoms with Gasteiger partial charge in [-0.25, -0.2) is 13.1 Å². The van der Waals surface area contributed by atoms with Gasteiger partial charge in [-0.05, 0) is 51.2 Å². The molecule has 0 aromatic heterocycles. The minimum Gasteiger partial charge on any atom is -0.398 e. The van der Waals surface area contributed by atoms with Gasteiger partial charge >= 0.3 is 0 Å². The maximum Gasteiger partial charge on any atom is 0.240 e. The van der Waals surface area contributed by atoms with E-state index in [0.717, 1.165) is 24.9 Å². The van der Waals surface area contributed by atoms with E-state index < -0.39 is 10.0 Å². The van der Waals surface area contributed by atoms with Gasteiger partial charge in [0.25, 0.3) is 0 Å². The topological polar surface area (TPSA) is 75.4 Å². The van der Waals surface area contributed by atoms with Crippen molar-refractivity contribution in [2.45, 2.75) is 24.7 Å². The third-order valence-corrected chi connectivity index (χ3v) is 4.34. The van der Waals surface area contributed by atoms with Crippen LogP contribution in [-0.2, 0) is 16.4 Å². The summed E-state index contributed by atoms with van der Waals surface area (Å²) in [6.07, 6.45) is 1.57. The van der Waals surface area contributed by atoms with Crippen LogP contribution in [-0.4, -0.2) is 40.5 Å². The Morgan fingerprint density at radius 2 is 2.00 bits per heavy atom. The van der Waals surface area contributed by atoms with Crippen LogP contribution >= 0.6 is 0 Å². The summed E-state index contributed by atoms with van der Waals surface area (Å²) in [4.78, 5) is 2.24. The Kier molecular flexibility index (Phi) is 5.78. The molecule has 0 fully saturated rings. The number of hydrogen-bond donors (Lipinski definition) is 2. The van der Waals surface area contributed by atoms with Crippen LogP contribution in [0.25, 0.3) is 0 Å². The predicted molar refractivity (Wildman–Crippen MR) is 78.6 cm³/mol. The van der Waals surface area contributed by atoms with Crippen molar-refractivity contribution in [1.29, 1.82) is 0 Å². The van der Waals surface area contributed by atoms with Gasteiger partial charge in [-0.15, -0.1) is 0 Å². The lowest BCUT2D eigenvalue weighted by molar-refractivity contribution is 0.400. The van der Waals surface area contributed by atoms with Gasteiger partial charge in [0.2, 0.25) is 10.0 Å². The highest BCUT2D eigenvalue weighted by molar-refractivity contribution is 7.89. The summed E-state index contributed by atoms with van der Waals surface area (Å²) in [5.74, 6) is 0. The fourth-order valence-corrected chi connectivity index (χ4v) is 2.86. The van der Waals surface area contributed by atoms with Crippen LogP contribution in [0.15, 0.2) is 23.1 Å². The van der Waals surface area contributed by atoms with Gasteiger partial charge in [-0.2, -0.15) is 0 Å². The lowest BCUT2D eigenvalue weighted by atomic mass is 10.1. The quantitative estimate of drug-likeness (QED) is 0.580. The van der Waals surface area contributed by atoms with Gasteiger partial charge in [0.15, 0.2) is 0 Å². The van der Waals surface area contributed by atoms with E-state index in [1.54, 1.807) is 12.1 Å². The standard InChI is InChI=1S/C13H23N3O2S/c1-4-11-6-7-12(10-13(11)14)19(17,18)15-8-5-9-16(2)3/h6-7,10,15H,4-5,8-9,14H2,1-3H3. The average molecular weight is 285 g/mol. The van der Waals surface area contributed by atoms with E-state index in [4.69, 9.17) is 5.73 Å². The van der Waals surface area contributed by atoms with Crippen LogP contribution in [0, 0.1) is 0 Å². The van der Waals surface area contributed by atoms with E-state index in [9.17, 15) is 8.42 Å². The number of rotatable bonds is 7. The van der Waals surface area contributed by atoms with Crippen molar-refractivity contribution in [3.8, 4) is 0 Å². The molecule has 0 aliphatic heterocycles. The summed E-state index contributed by atoms with van der Waals surface area (Å²) in [7, 11) is 0.460. The van der Waals surface area contributed by atoms with Crippen molar-refractivity contribution in [3.63, 3.8) is 0 Å². The molecule has 0 aliphatic rings. The third-order valence-electron chi connectivity index (χ3n) is 2.88. The number of sulfonamides is 1. The van der Waals surface area contributed by atoms with Gasteiger partial charge in [0.1, 0.15) is 0 Å². The number of aryl methyl sites for hydroxylation is 1. The summed E-state index contributed by atoms with van der Waals surface area (Å²) in [5, 5.41) is 0. The first-order valence-corrected chi connectivity index (χ1v) is 7.88. The minimum atomic E-state index is -3.45. The first kappa shape index (κ1) is 15.9. The smallest absolute Gasteiger partial charge is 0.240 e. The molecule has 1 aromatic carbocycles. The maximum absolute atomic E-state index is 12.0. The van der Waals surface area contributed by atoms with Crippen molar-refractivity contribution in [1.82, 2.24) is 9.62 Å². The zero-order valence-electron chi connectivity index (χ0n) is 11.8. The Hall–Kier alpha value is -1.11. The molecule has 0 heterocycles. The number of benzene rings is 1. The Bertz CT molecular complexity index is 513. The summed E-state index contributed by atoms with van der Waals surface area (Å²) in [6.45, 7) is 3.26. The molecule has 0 unspecified atom stereocenters. The molecule has 0 atom stereocenters. The zero-order chi connectivity index (χ0) is 14.5. The van der Waals surface area contributed by atoms with Gasteiger partial charge in [-0.3, -0.25) is 0 Å². The van der Waals surface area contributed by atoms with Crippen LogP contribution in [0.1, 0.15) is 18.9 Å². The maximum atomic E-state index is 12.0. The molecular formula is C13H23N3O2S. The Morgan fingerprint density at radius 1 is 1.32 bits per heavy atom. The number of nitrogens with one attached hydrogen (secondary N) is 1. The van der Waals surface area contributed by atoms with E-state index in [1.807, 2.05) is 25.9 Å². The second-order valence-electron chi connectivity index (χ2n) is 4.77. The lowest BCUT2D eigenvalue weighted by Crippen LogP contribution is -2.27. The first-order valence-electron chi connectivity index (χ1n) is 6.39. The third kappa shape index (κ3) is 4.81. The predicted octanol–water partition coefficient (Wildman–Crippen LogP) is 1.06. The van der Waals surface area contributed by atoms with E-state index in [2.05, 4.69) is 4.72 Å². The fraction of sp³-hybridized carbons (Fsp3) is 0.538. The molecule has 0 saturated carbocycles. The van der Waals surface area contributed by atoms with Crippen LogP contribution < -0.4 is 10.5 Å². The molecule has 108 valence electrons. The molecule has 6 heteroatoms. The number of nitrogen functional groups attached to an aromatic ring is 1. The molecule has 0 radical (unpaired) electrons. The largest absolute Gasteiger partial charge is 0.398 e. The number of nitrogens with two attached hydrogens (primary N) is 1. The highest BCUT2D eigenvalue weighted by atomic mass is 32.2. The molecule has 3 N–H and O–H groups in total. The summed E-state index contributed by atoms with van der Waals surface area (Å²) >= 11 is 0. The van der Waals surface area contributed by atoms with Gasteiger partial charge in [0.05, 0.1) is 4.90 Å². The fourth-order valence-electron chi connectivity index (χ4n) is 1.75. The SMILES string of the molecule is CCc1ccc(S(=O)(=O)NCCCN(C)C)cc1N. The molecular weight excluding hydrogens is 262 g/mol. The second kappa shape index (κ2) is 6.88. The Labute approximate surface area is 115 Å². The average Bonchev–Trinajstić information content (AvgIpc) is 2.34. The van der Waals surface area contributed by atoms with E-state index in [0.29, 0.717) is 12.2 Å².